The molecule has 0 spiro atoms. The molecule has 0 aromatic heterocycles. The summed E-state index contributed by atoms with van der Waals surface area (Å²) in [5.74, 6) is 0.721. The summed E-state index contributed by atoms with van der Waals surface area (Å²) < 4.78 is 31.3. The summed E-state index contributed by atoms with van der Waals surface area (Å²) in [4.78, 5) is 13.5. The lowest BCUT2D eigenvalue weighted by Gasteiger charge is -2.30. The van der Waals surface area contributed by atoms with Crippen molar-refractivity contribution in [3.8, 4) is 5.75 Å². The van der Waals surface area contributed by atoms with Gasteiger partial charge in [0.15, 0.2) is 6.10 Å². The molecule has 1 amide bonds. The van der Waals surface area contributed by atoms with Crippen LogP contribution in [0.2, 0.25) is 0 Å². The van der Waals surface area contributed by atoms with E-state index < -0.39 is 16.1 Å². The minimum atomic E-state index is -3.19. The van der Waals surface area contributed by atoms with Gasteiger partial charge in [0.05, 0.1) is 11.4 Å². The van der Waals surface area contributed by atoms with Crippen LogP contribution >= 0.6 is 0 Å². The van der Waals surface area contributed by atoms with Gasteiger partial charge >= 0.3 is 0 Å². The van der Waals surface area contributed by atoms with Gasteiger partial charge in [0, 0.05) is 13.6 Å². The van der Waals surface area contributed by atoms with Crippen molar-refractivity contribution in [3.05, 3.63) is 23.8 Å². The highest BCUT2D eigenvalue weighted by atomic mass is 32.2. The Hall–Kier alpha value is -1.60. The van der Waals surface area contributed by atoms with Gasteiger partial charge in [-0.1, -0.05) is 13.0 Å². The van der Waals surface area contributed by atoms with E-state index in [0.29, 0.717) is 25.1 Å². The minimum absolute atomic E-state index is 0.0895. The van der Waals surface area contributed by atoms with Gasteiger partial charge < -0.3 is 9.64 Å². The van der Waals surface area contributed by atoms with Crippen LogP contribution in [-0.2, 0) is 21.2 Å². The first-order valence-corrected chi connectivity index (χ1v) is 9.04. The van der Waals surface area contributed by atoms with E-state index in [1.165, 1.54) is 0 Å². The quantitative estimate of drug-likeness (QED) is 0.855. The first-order chi connectivity index (χ1) is 10.3. The highest BCUT2D eigenvalue weighted by Gasteiger charge is 2.28. The number of carbonyl (C=O) groups is 1. The molecule has 1 N–H and O–H groups in total. The number of carbonyl (C=O) groups excluding carboxylic acids is 1. The lowest BCUT2D eigenvalue weighted by atomic mass is 10.1. The van der Waals surface area contributed by atoms with Crippen molar-refractivity contribution in [3.63, 3.8) is 0 Å². The molecule has 22 heavy (non-hydrogen) atoms. The molecule has 6 nitrogen and oxygen atoms in total. The molecular weight excluding hydrogens is 304 g/mol. The summed E-state index contributed by atoms with van der Waals surface area (Å²) in [5, 5.41) is 0. The van der Waals surface area contributed by atoms with E-state index in [1.54, 1.807) is 18.9 Å². The van der Waals surface area contributed by atoms with E-state index in [2.05, 4.69) is 4.72 Å². The molecule has 1 aromatic rings. The number of rotatable bonds is 6. The number of ether oxygens (including phenoxy) is 1. The molecule has 1 heterocycles. The number of nitrogens with one attached hydrogen (secondary N) is 1. The van der Waals surface area contributed by atoms with Gasteiger partial charge in [-0.15, -0.1) is 0 Å². The summed E-state index contributed by atoms with van der Waals surface area (Å²) in [5.41, 5.74) is 1.67. The zero-order valence-electron chi connectivity index (χ0n) is 13.1. The molecule has 0 fully saturated rings. The number of hydrogen-bond acceptors (Lipinski definition) is 4. The van der Waals surface area contributed by atoms with Crippen LogP contribution in [0.1, 0.15) is 25.8 Å². The number of nitrogens with zero attached hydrogens (tertiary/aromatic N) is 1. The molecule has 0 saturated heterocycles. The first-order valence-electron chi connectivity index (χ1n) is 7.38. The van der Waals surface area contributed by atoms with Gasteiger partial charge in [-0.3, -0.25) is 4.79 Å². The summed E-state index contributed by atoms with van der Waals surface area (Å²) in [7, 11) is -1.47. The second-order valence-electron chi connectivity index (χ2n) is 5.42. The Morgan fingerprint density at radius 3 is 2.77 bits per heavy atom. The molecule has 1 unspecified atom stereocenters. The maximum Gasteiger partial charge on any atom is 0.267 e. The van der Waals surface area contributed by atoms with Crippen LogP contribution in [0, 0.1) is 0 Å². The molecule has 0 bridgehead atoms. The van der Waals surface area contributed by atoms with E-state index >= 15 is 0 Å². The Labute approximate surface area is 131 Å². The second-order valence-corrected chi connectivity index (χ2v) is 7.35. The van der Waals surface area contributed by atoms with Crippen LogP contribution in [0.4, 0.5) is 5.69 Å². The van der Waals surface area contributed by atoms with Crippen LogP contribution in [0.3, 0.4) is 0 Å². The number of anilines is 1. The molecule has 1 aliphatic heterocycles. The summed E-state index contributed by atoms with van der Waals surface area (Å²) in [6, 6.07) is 5.58. The number of benzene rings is 1. The largest absolute Gasteiger partial charge is 0.479 e. The van der Waals surface area contributed by atoms with Gasteiger partial charge in [0.2, 0.25) is 10.0 Å². The van der Waals surface area contributed by atoms with E-state index in [-0.39, 0.29) is 11.7 Å². The van der Waals surface area contributed by atoms with E-state index in [4.69, 9.17) is 4.74 Å². The van der Waals surface area contributed by atoms with Crippen LogP contribution in [-0.4, -0.2) is 39.8 Å². The second kappa shape index (κ2) is 6.66. The van der Waals surface area contributed by atoms with Crippen molar-refractivity contribution in [1.29, 1.82) is 0 Å². The van der Waals surface area contributed by atoms with Crippen LogP contribution in [0.25, 0.3) is 0 Å². The molecule has 1 aromatic carbocycles. The molecule has 0 saturated carbocycles. The number of hydrogen-bond donors (Lipinski definition) is 1. The zero-order valence-corrected chi connectivity index (χ0v) is 13.9. The predicted molar refractivity (Wildman–Crippen MR) is 85.7 cm³/mol. The molecule has 122 valence electrons. The molecule has 7 heteroatoms. The zero-order chi connectivity index (χ0) is 16.3. The van der Waals surface area contributed by atoms with Gasteiger partial charge in [-0.05, 0) is 37.5 Å². The van der Waals surface area contributed by atoms with Crippen LogP contribution < -0.4 is 14.4 Å². The third-order valence-electron chi connectivity index (χ3n) is 3.58. The monoisotopic (exact) mass is 326 g/mol. The van der Waals surface area contributed by atoms with Crippen molar-refractivity contribution in [2.24, 2.45) is 0 Å². The Morgan fingerprint density at radius 1 is 1.36 bits per heavy atom. The fraction of sp³-hybridized carbons (Fsp3) is 0.533. The fourth-order valence-electron chi connectivity index (χ4n) is 2.40. The topological polar surface area (TPSA) is 75.7 Å². The predicted octanol–water partition coefficient (Wildman–Crippen LogP) is 1.30. The Bertz CT molecular complexity index is 658. The highest BCUT2D eigenvalue weighted by Crippen LogP contribution is 2.33. The average molecular weight is 326 g/mol. The summed E-state index contributed by atoms with van der Waals surface area (Å²) in [6.07, 6.45) is 0.675. The normalized spacial score (nSPS) is 18.0. The Balaban J connectivity index is 2.04. The fourth-order valence-corrected chi connectivity index (χ4v) is 3.50. The van der Waals surface area contributed by atoms with Crippen LogP contribution in [0.5, 0.6) is 5.75 Å². The minimum Gasteiger partial charge on any atom is -0.479 e. The third kappa shape index (κ3) is 3.78. The van der Waals surface area contributed by atoms with E-state index in [1.807, 2.05) is 25.1 Å². The van der Waals surface area contributed by atoms with Gasteiger partial charge in [-0.2, -0.15) is 0 Å². The lowest BCUT2D eigenvalue weighted by Crippen LogP contribution is -2.42. The third-order valence-corrected chi connectivity index (χ3v) is 5.16. The number of fused-ring (bicyclic) bond motifs is 1. The first kappa shape index (κ1) is 16.8. The molecule has 0 aliphatic carbocycles. The standard InChI is InChI=1S/C15H22N2O4S/c1-4-9-22(19,20)16-8-7-12-5-6-14-13(10-12)17(3)15(18)11(2)21-14/h5-6,10-11,16H,4,7-9H2,1-3H3. The number of sulfonamides is 1. The smallest absolute Gasteiger partial charge is 0.267 e. The molecule has 1 aliphatic rings. The van der Waals surface area contributed by atoms with Crippen molar-refractivity contribution in [1.82, 2.24) is 4.72 Å². The SMILES string of the molecule is CCCS(=O)(=O)NCCc1ccc2c(c1)N(C)C(=O)C(C)O2. The maximum atomic E-state index is 11.9. The van der Waals surface area contributed by atoms with Gasteiger partial charge in [0.25, 0.3) is 5.91 Å². The number of amides is 1. The lowest BCUT2D eigenvalue weighted by molar-refractivity contribution is -0.125. The summed E-state index contributed by atoms with van der Waals surface area (Å²) in [6.45, 7) is 3.89. The van der Waals surface area contributed by atoms with E-state index in [9.17, 15) is 13.2 Å². The molecule has 1 atom stereocenters. The summed E-state index contributed by atoms with van der Waals surface area (Å²) >= 11 is 0. The Morgan fingerprint density at radius 2 is 2.09 bits per heavy atom. The van der Waals surface area contributed by atoms with Gasteiger partial charge in [-0.25, -0.2) is 13.1 Å². The molecule has 2 rings (SSSR count). The number of likely N-dealkylation sites (N-methyl/N-ethyl adjacent to an activating group) is 1. The van der Waals surface area contributed by atoms with Crippen molar-refractivity contribution >= 4 is 21.6 Å². The highest BCUT2D eigenvalue weighted by molar-refractivity contribution is 7.89. The Kier molecular flexibility index (Phi) is 5.08. The molecular formula is C15H22N2O4S. The molecule has 0 radical (unpaired) electrons. The van der Waals surface area contributed by atoms with Crippen molar-refractivity contribution in [2.45, 2.75) is 32.8 Å². The van der Waals surface area contributed by atoms with Gasteiger partial charge in [0.1, 0.15) is 5.75 Å². The maximum absolute atomic E-state index is 11.9. The van der Waals surface area contributed by atoms with Crippen molar-refractivity contribution in [2.75, 3.05) is 24.2 Å². The van der Waals surface area contributed by atoms with Crippen molar-refractivity contribution < 1.29 is 17.9 Å². The van der Waals surface area contributed by atoms with Crippen LogP contribution in [0.15, 0.2) is 18.2 Å². The average Bonchev–Trinajstić information content (AvgIpc) is 2.45. The van der Waals surface area contributed by atoms with E-state index in [0.717, 1.165) is 11.3 Å².